The van der Waals surface area contributed by atoms with E-state index in [1.807, 2.05) is 6.07 Å². The predicted molar refractivity (Wildman–Crippen MR) is 121 cm³/mol. The van der Waals surface area contributed by atoms with Crippen molar-refractivity contribution in [3.05, 3.63) is 70.0 Å². The highest BCUT2D eigenvalue weighted by molar-refractivity contribution is 5.80. The molecule has 32 heavy (non-hydrogen) atoms. The highest BCUT2D eigenvalue weighted by Gasteiger charge is 2.21. The van der Waals surface area contributed by atoms with Crippen LogP contribution in [0.5, 0.6) is 5.75 Å². The number of nitriles is 1. The van der Waals surface area contributed by atoms with Gasteiger partial charge in [-0.2, -0.15) is 5.26 Å². The SMILES string of the molecule is COc1ccc(-c2c(-c3ccc(C#N)c(F)c3)nc(CC[C@H]3CCNC3)n(C)c2=O)cc1. The number of nitrogens with one attached hydrogen (secondary N) is 1. The van der Waals surface area contributed by atoms with Gasteiger partial charge >= 0.3 is 0 Å². The Bertz CT molecular complexity index is 1220. The van der Waals surface area contributed by atoms with Crippen molar-refractivity contribution in [2.45, 2.75) is 19.3 Å². The van der Waals surface area contributed by atoms with Crippen LogP contribution in [0.3, 0.4) is 0 Å². The molecule has 0 unspecified atom stereocenters. The van der Waals surface area contributed by atoms with Crippen molar-refractivity contribution in [1.29, 1.82) is 5.26 Å². The van der Waals surface area contributed by atoms with Crippen LogP contribution in [0.4, 0.5) is 4.39 Å². The average Bonchev–Trinajstić information content (AvgIpc) is 3.33. The quantitative estimate of drug-likeness (QED) is 0.643. The summed E-state index contributed by atoms with van der Waals surface area (Å²) in [6.45, 7) is 1.99. The number of aromatic nitrogens is 2. The minimum absolute atomic E-state index is 0.0439. The van der Waals surface area contributed by atoms with E-state index < -0.39 is 5.82 Å². The van der Waals surface area contributed by atoms with Gasteiger partial charge in [0.1, 0.15) is 23.5 Å². The summed E-state index contributed by atoms with van der Waals surface area (Å²) < 4.78 is 21.3. The van der Waals surface area contributed by atoms with E-state index in [9.17, 15) is 9.18 Å². The van der Waals surface area contributed by atoms with Crippen molar-refractivity contribution >= 4 is 0 Å². The van der Waals surface area contributed by atoms with Crippen molar-refractivity contribution < 1.29 is 9.13 Å². The Morgan fingerprint density at radius 1 is 1.25 bits per heavy atom. The number of benzene rings is 2. The van der Waals surface area contributed by atoms with Crippen molar-refractivity contribution in [3.8, 4) is 34.2 Å². The van der Waals surface area contributed by atoms with Gasteiger partial charge in [0.05, 0.1) is 23.9 Å². The molecule has 2 aromatic carbocycles. The number of hydrogen-bond donors (Lipinski definition) is 1. The number of hydrogen-bond acceptors (Lipinski definition) is 5. The number of rotatable bonds is 6. The van der Waals surface area contributed by atoms with E-state index in [0.29, 0.717) is 46.3 Å². The summed E-state index contributed by atoms with van der Waals surface area (Å²) >= 11 is 0. The molecule has 1 aromatic heterocycles. The van der Waals surface area contributed by atoms with Crippen molar-refractivity contribution in [2.75, 3.05) is 20.2 Å². The molecular formula is C25H25FN4O2. The Morgan fingerprint density at radius 3 is 2.62 bits per heavy atom. The summed E-state index contributed by atoms with van der Waals surface area (Å²) in [5.74, 6) is 1.26. The van der Waals surface area contributed by atoms with Gasteiger partial charge in [-0.05, 0) is 61.7 Å². The van der Waals surface area contributed by atoms with Gasteiger partial charge < -0.3 is 10.1 Å². The first-order chi connectivity index (χ1) is 15.5. The molecule has 4 rings (SSSR count). The normalized spacial score (nSPS) is 15.5. The van der Waals surface area contributed by atoms with Crippen LogP contribution in [0, 0.1) is 23.1 Å². The van der Waals surface area contributed by atoms with Gasteiger partial charge in [-0.1, -0.05) is 18.2 Å². The number of nitrogens with zero attached hydrogens (tertiary/aromatic N) is 3. The molecule has 1 fully saturated rings. The summed E-state index contributed by atoms with van der Waals surface area (Å²) in [6.07, 6.45) is 2.70. The van der Waals surface area contributed by atoms with Gasteiger partial charge in [0.15, 0.2) is 0 Å². The molecule has 3 aromatic rings. The lowest BCUT2D eigenvalue weighted by molar-refractivity contribution is 0.415. The molecule has 1 aliphatic heterocycles. The lowest BCUT2D eigenvalue weighted by atomic mass is 9.98. The molecule has 1 saturated heterocycles. The Balaban J connectivity index is 1.85. The van der Waals surface area contributed by atoms with Crippen LogP contribution in [-0.2, 0) is 13.5 Å². The molecule has 0 radical (unpaired) electrons. The molecule has 1 N–H and O–H groups in total. The van der Waals surface area contributed by atoms with E-state index in [2.05, 4.69) is 5.32 Å². The van der Waals surface area contributed by atoms with Crippen LogP contribution in [0.15, 0.2) is 47.3 Å². The number of aryl methyl sites for hydroxylation is 1. The van der Waals surface area contributed by atoms with E-state index in [0.717, 1.165) is 25.9 Å². The number of ether oxygens (including phenoxy) is 1. The molecule has 0 amide bonds. The molecule has 6 nitrogen and oxygen atoms in total. The maximum atomic E-state index is 14.4. The van der Waals surface area contributed by atoms with Crippen LogP contribution in [-0.4, -0.2) is 29.8 Å². The standard InChI is InChI=1S/C25H25FN4O2/c1-30-22(10-3-16-11-12-28-15-16)29-24(18-4-5-19(14-27)21(26)13-18)23(25(30)31)17-6-8-20(32-2)9-7-17/h4-9,13,16,28H,3,10-12,15H2,1-2H3/t16-/m0/s1. The second kappa shape index (κ2) is 9.33. The van der Waals surface area contributed by atoms with Crippen LogP contribution in [0.2, 0.25) is 0 Å². The molecule has 0 aliphatic carbocycles. The smallest absolute Gasteiger partial charge is 0.261 e. The summed E-state index contributed by atoms with van der Waals surface area (Å²) in [7, 11) is 3.31. The minimum Gasteiger partial charge on any atom is -0.497 e. The molecule has 2 heterocycles. The number of methoxy groups -OCH3 is 1. The van der Waals surface area contributed by atoms with Crippen LogP contribution >= 0.6 is 0 Å². The zero-order valence-electron chi connectivity index (χ0n) is 18.2. The lowest BCUT2D eigenvalue weighted by Gasteiger charge is -2.16. The molecule has 7 heteroatoms. The first-order valence-corrected chi connectivity index (χ1v) is 10.7. The fourth-order valence-corrected chi connectivity index (χ4v) is 4.14. The lowest BCUT2D eigenvalue weighted by Crippen LogP contribution is -2.25. The highest BCUT2D eigenvalue weighted by Crippen LogP contribution is 2.30. The first kappa shape index (κ1) is 21.7. The predicted octanol–water partition coefficient (Wildman–Crippen LogP) is 3.68. The van der Waals surface area contributed by atoms with Crippen LogP contribution < -0.4 is 15.6 Å². The second-order valence-electron chi connectivity index (χ2n) is 8.05. The third kappa shape index (κ3) is 4.27. The maximum absolute atomic E-state index is 14.4. The molecule has 0 spiro atoms. The first-order valence-electron chi connectivity index (χ1n) is 10.7. The summed E-state index contributed by atoms with van der Waals surface area (Å²) in [5, 5.41) is 12.4. The van der Waals surface area contributed by atoms with E-state index in [1.54, 1.807) is 49.1 Å². The topological polar surface area (TPSA) is 79.9 Å². The van der Waals surface area contributed by atoms with Crippen molar-refractivity contribution in [2.24, 2.45) is 13.0 Å². The third-order valence-electron chi connectivity index (χ3n) is 6.06. The molecule has 164 valence electrons. The highest BCUT2D eigenvalue weighted by atomic mass is 19.1. The molecule has 1 atom stereocenters. The van der Waals surface area contributed by atoms with Gasteiger partial charge in [0, 0.05) is 19.0 Å². The van der Waals surface area contributed by atoms with E-state index in [4.69, 9.17) is 15.0 Å². The maximum Gasteiger partial charge on any atom is 0.261 e. The fourth-order valence-electron chi connectivity index (χ4n) is 4.14. The zero-order valence-corrected chi connectivity index (χ0v) is 18.2. The summed E-state index contributed by atoms with van der Waals surface area (Å²) in [5.41, 5.74) is 1.72. The molecule has 0 saturated carbocycles. The van der Waals surface area contributed by atoms with Gasteiger partial charge in [-0.15, -0.1) is 0 Å². The Hall–Kier alpha value is -3.50. The Kier molecular flexibility index (Phi) is 6.33. The van der Waals surface area contributed by atoms with Crippen LogP contribution in [0.1, 0.15) is 24.2 Å². The van der Waals surface area contributed by atoms with E-state index >= 15 is 0 Å². The van der Waals surface area contributed by atoms with Crippen molar-refractivity contribution in [3.63, 3.8) is 0 Å². The Morgan fingerprint density at radius 2 is 2.00 bits per heavy atom. The summed E-state index contributed by atoms with van der Waals surface area (Å²) in [4.78, 5) is 18.3. The molecule has 0 bridgehead atoms. The zero-order chi connectivity index (χ0) is 22.7. The number of halogens is 1. The second-order valence-corrected chi connectivity index (χ2v) is 8.05. The fraction of sp³-hybridized carbons (Fsp3) is 0.320. The van der Waals surface area contributed by atoms with E-state index in [-0.39, 0.29) is 11.1 Å². The average molecular weight is 432 g/mol. The van der Waals surface area contributed by atoms with E-state index in [1.165, 1.54) is 12.1 Å². The van der Waals surface area contributed by atoms with Crippen molar-refractivity contribution in [1.82, 2.24) is 14.9 Å². The Labute approximate surface area is 186 Å². The molecule has 1 aliphatic rings. The van der Waals surface area contributed by atoms with Crippen LogP contribution in [0.25, 0.3) is 22.4 Å². The largest absolute Gasteiger partial charge is 0.497 e. The third-order valence-corrected chi connectivity index (χ3v) is 6.06. The monoisotopic (exact) mass is 432 g/mol. The minimum atomic E-state index is -0.633. The van der Waals surface area contributed by atoms with Gasteiger partial charge in [0.25, 0.3) is 5.56 Å². The molecular weight excluding hydrogens is 407 g/mol. The summed E-state index contributed by atoms with van der Waals surface area (Å²) in [6, 6.07) is 13.3. The van der Waals surface area contributed by atoms with Gasteiger partial charge in [0.2, 0.25) is 0 Å². The van der Waals surface area contributed by atoms with Gasteiger partial charge in [-0.25, -0.2) is 9.37 Å². The van der Waals surface area contributed by atoms with Gasteiger partial charge in [-0.3, -0.25) is 9.36 Å².